The van der Waals surface area contributed by atoms with Crippen LogP contribution in [0.5, 0.6) is 0 Å². The Kier molecular flexibility index (Phi) is 7.22. The molecule has 0 bridgehead atoms. The number of carboxylic acids is 1. The summed E-state index contributed by atoms with van der Waals surface area (Å²) in [4.78, 5) is 21.6. The molecule has 0 saturated heterocycles. The molecule has 3 aromatic carbocycles. The topological polar surface area (TPSA) is 80.0 Å². The summed E-state index contributed by atoms with van der Waals surface area (Å²) in [6.07, 6.45) is 4.21. The van der Waals surface area contributed by atoms with Gasteiger partial charge < -0.3 is 15.0 Å². The van der Waals surface area contributed by atoms with Gasteiger partial charge in [-0.3, -0.25) is 0 Å². The van der Waals surface area contributed by atoms with Crippen molar-refractivity contribution in [2.24, 2.45) is 0 Å². The molecule has 40 heavy (non-hydrogen) atoms. The molecule has 1 aliphatic carbocycles. The highest BCUT2D eigenvalue weighted by Gasteiger charge is 2.27. The Morgan fingerprint density at radius 2 is 1.73 bits per heavy atom. The van der Waals surface area contributed by atoms with Gasteiger partial charge in [-0.05, 0) is 73.6 Å². The Hall–Kier alpha value is -3.87. The van der Waals surface area contributed by atoms with Crippen LogP contribution in [0.25, 0.3) is 22.4 Å². The van der Waals surface area contributed by atoms with Gasteiger partial charge >= 0.3 is 5.97 Å². The molecule has 0 amide bonds. The summed E-state index contributed by atoms with van der Waals surface area (Å²) in [6, 6.07) is 22.9. The van der Waals surface area contributed by atoms with Crippen LogP contribution in [0.3, 0.4) is 0 Å². The fourth-order valence-electron chi connectivity index (χ4n) is 5.61. The quantitative estimate of drug-likeness (QED) is 0.206. The Morgan fingerprint density at radius 1 is 0.975 bits per heavy atom. The van der Waals surface area contributed by atoms with Crippen molar-refractivity contribution >= 4 is 46.0 Å². The minimum Gasteiger partial charge on any atom is -0.478 e. The van der Waals surface area contributed by atoms with Crippen LogP contribution in [0.2, 0.25) is 10.0 Å². The van der Waals surface area contributed by atoms with Crippen LogP contribution in [0.15, 0.2) is 72.8 Å². The Labute approximate surface area is 242 Å². The zero-order chi connectivity index (χ0) is 27.8. The number of nitrogens with zero attached hydrogens (tertiary/aromatic N) is 3. The molecule has 202 valence electrons. The van der Waals surface area contributed by atoms with Gasteiger partial charge in [0.2, 0.25) is 0 Å². The summed E-state index contributed by atoms with van der Waals surface area (Å²) in [7, 11) is 0. The molecule has 8 heteroatoms. The number of rotatable bonds is 7. The molecule has 0 radical (unpaired) electrons. The summed E-state index contributed by atoms with van der Waals surface area (Å²) in [5.41, 5.74) is 6.66. The Balaban J connectivity index is 1.54. The monoisotopic (exact) mass is 570 g/mol. The number of halogens is 2. The van der Waals surface area contributed by atoms with Crippen LogP contribution in [0, 0.1) is 0 Å². The van der Waals surface area contributed by atoms with Gasteiger partial charge in [-0.1, -0.05) is 71.7 Å². The standard InChI is InChI=1S/C32H28Cl2N4O2/c1-19(21-7-3-2-4-8-21)38-27-10-6-5-9-24(27)28-30(35-18-20-11-16-25(33)26(34)17-20)36-29(37-31(28)38)22-12-14-23(15-13-22)32(39)40/h2-4,7-8,11-17,19H,5-6,9-10,18H2,1H3,(H,39,40)(H,35,36,37). The lowest BCUT2D eigenvalue weighted by Crippen LogP contribution is -2.13. The molecule has 0 saturated carbocycles. The van der Waals surface area contributed by atoms with Gasteiger partial charge in [0.1, 0.15) is 11.5 Å². The second kappa shape index (κ2) is 11.0. The van der Waals surface area contributed by atoms with Crippen molar-refractivity contribution < 1.29 is 9.90 Å². The average Bonchev–Trinajstić information content (AvgIpc) is 3.32. The van der Waals surface area contributed by atoms with Crippen LogP contribution >= 0.6 is 23.2 Å². The van der Waals surface area contributed by atoms with E-state index >= 15 is 0 Å². The van der Waals surface area contributed by atoms with Crippen molar-refractivity contribution in [1.82, 2.24) is 14.5 Å². The molecular weight excluding hydrogens is 543 g/mol. The second-order valence-electron chi connectivity index (χ2n) is 10.2. The predicted molar refractivity (Wildman–Crippen MR) is 161 cm³/mol. The zero-order valence-corrected chi connectivity index (χ0v) is 23.5. The van der Waals surface area contributed by atoms with Crippen molar-refractivity contribution in [3.8, 4) is 11.4 Å². The van der Waals surface area contributed by atoms with Gasteiger partial charge in [0.15, 0.2) is 5.82 Å². The number of carbonyl (C=O) groups is 1. The van der Waals surface area contributed by atoms with Crippen LogP contribution in [-0.4, -0.2) is 25.6 Å². The molecule has 2 heterocycles. The number of nitrogens with one attached hydrogen (secondary N) is 1. The maximum absolute atomic E-state index is 11.4. The van der Waals surface area contributed by atoms with Crippen molar-refractivity contribution in [2.75, 3.05) is 5.32 Å². The number of hydrogen-bond acceptors (Lipinski definition) is 4. The second-order valence-corrected chi connectivity index (χ2v) is 11.0. The largest absolute Gasteiger partial charge is 0.478 e. The lowest BCUT2D eigenvalue weighted by molar-refractivity contribution is 0.0697. The van der Waals surface area contributed by atoms with Crippen molar-refractivity contribution in [1.29, 1.82) is 0 Å². The van der Waals surface area contributed by atoms with Crippen LogP contribution < -0.4 is 5.32 Å². The molecular formula is C32H28Cl2N4O2. The van der Waals surface area contributed by atoms with Gasteiger partial charge in [0, 0.05) is 17.8 Å². The predicted octanol–water partition coefficient (Wildman–Crippen LogP) is 8.20. The summed E-state index contributed by atoms with van der Waals surface area (Å²) in [5, 5.41) is 15.0. The van der Waals surface area contributed by atoms with E-state index in [-0.39, 0.29) is 11.6 Å². The van der Waals surface area contributed by atoms with Crippen LogP contribution in [0.4, 0.5) is 5.82 Å². The molecule has 5 aromatic rings. The summed E-state index contributed by atoms with van der Waals surface area (Å²) < 4.78 is 2.38. The average molecular weight is 572 g/mol. The van der Waals surface area contributed by atoms with E-state index in [0.29, 0.717) is 22.4 Å². The third kappa shape index (κ3) is 4.93. The van der Waals surface area contributed by atoms with Crippen LogP contribution in [0.1, 0.15) is 58.5 Å². The van der Waals surface area contributed by atoms with Gasteiger partial charge in [0.25, 0.3) is 0 Å². The number of carboxylic acid groups (broad SMARTS) is 1. The molecule has 1 atom stereocenters. The molecule has 0 spiro atoms. The van der Waals surface area contributed by atoms with Gasteiger partial charge in [0.05, 0.1) is 27.0 Å². The molecule has 0 fully saturated rings. The van der Waals surface area contributed by atoms with Crippen molar-refractivity contribution in [2.45, 2.75) is 45.2 Å². The lowest BCUT2D eigenvalue weighted by atomic mass is 9.95. The summed E-state index contributed by atoms with van der Waals surface area (Å²) in [6.45, 7) is 2.73. The fourth-order valence-corrected chi connectivity index (χ4v) is 5.93. The molecule has 1 unspecified atom stereocenters. The maximum Gasteiger partial charge on any atom is 0.335 e. The van der Waals surface area contributed by atoms with E-state index in [1.165, 1.54) is 16.8 Å². The van der Waals surface area contributed by atoms with E-state index < -0.39 is 5.97 Å². The molecule has 6 nitrogen and oxygen atoms in total. The summed E-state index contributed by atoms with van der Waals surface area (Å²) in [5.74, 6) is 0.327. The zero-order valence-electron chi connectivity index (χ0n) is 22.0. The van der Waals surface area contributed by atoms with Crippen LogP contribution in [-0.2, 0) is 19.4 Å². The number of fused-ring (bicyclic) bond motifs is 3. The molecule has 0 aliphatic heterocycles. The number of aromatic nitrogens is 3. The highest BCUT2D eigenvalue weighted by Crippen LogP contribution is 2.39. The van der Waals surface area contributed by atoms with Gasteiger partial charge in [-0.15, -0.1) is 0 Å². The van der Waals surface area contributed by atoms with E-state index in [1.54, 1.807) is 30.3 Å². The third-order valence-electron chi connectivity index (χ3n) is 7.65. The fraction of sp³-hybridized carbons (Fsp3) is 0.219. The summed E-state index contributed by atoms with van der Waals surface area (Å²) >= 11 is 12.4. The number of aryl methyl sites for hydroxylation is 1. The molecule has 2 N–H and O–H groups in total. The molecule has 2 aromatic heterocycles. The van der Waals surface area contributed by atoms with Gasteiger partial charge in [-0.25, -0.2) is 14.8 Å². The number of aromatic carboxylic acids is 1. The van der Waals surface area contributed by atoms with E-state index in [2.05, 4.69) is 41.1 Å². The first-order valence-electron chi connectivity index (χ1n) is 13.4. The van der Waals surface area contributed by atoms with E-state index in [4.69, 9.17) is 33.2 Å². The highest BCUT2D eigenvalue weighted by atomic mass is 35.5. The van der Waals surface area contributed by atoms with Gasteiger partial charge in [-0.2, -0.15) is 0 Å². The maximum atomic E-state index is 11.4. The normalized spacial score (nSPS) is 13.7. The minimum atomic E-state index is -0.967. The Morgan fingerprint density at radius 3 is 2.45 bits per heavy atom. The first-order chi connectivity index (χ1) is 19.4. The molecule has 6 rings (SSSR count). The first kappa shape index (κ1) is 26.4. The Bertz CT molecular complexity index is 1720. The van der Waals surface area contributed by atoms with E-state index in [0.717, 1.165) is 53.7 Å². The first-order valence-corrected chi connectivity index (χ1v) is 14.2. The number of hydrogen-bond donors (Lipinski definition) is 2. The van der Waals surface area contributed by atoms with E-state index in [9.17, 15) is 9.90 Å². The van der Waals surface area contributed by atoms with E-state index in [1.807, 2.05) is 18.2 Å². The number of anilines is 1. The minimum absolute atomic E-state index is 0.0746. The lowest BCUT2D eigenvalue weighted by Gasteiger charge is -2.21. The molecule has 1 aliphatic rings. The third-order valence-corrected chi connectivity index (χ3v) is 8.39. The van der Waals surface area contributed by atoms with Crippen molar-refractivity contribution in [3.63, 3.8) is 0 Å². The highest BCUT2D eigenvalue weighted by molar-refractivity contribution is 6.42. The smallest absolute Gasteiger partial charge is 0.335 e. The number of benzene rings is 3. The van der Waals surface area contributed by atoms with Crippen molar-refractivity contribution in [3.05, 3.63) is 111 Å². The SMILES string of the molecule is CC(c1ccccc1)n1c2c(c3c(NCc4ccc(Cl)c(Cl)c4)nc(-c4ccc(C(=O)O)cc4)nc31)CCCC2.